The highest BCUT2D eigenvalue weighted by Gasteiger charge is 2.22. The Kier molecular flexibility index (Phi) is 6.86. The minimum absolute atomic E-state index is 0.0272. The summed E-state index contributed by atoms with van der Waals surface area (Å²) in [6.07, 6.45) is 7.38. The third-order valence-corrected chi connectivity index (χ3v) is 6.36. The molecule has 3 nitrogen and oxygen atoms in total. The lowest BCUT2D eigenvalue weighted by molar-refractivity contribution is -0.0194. The lowest BCUT2D eigenvalue weighted by atomic mass is 9.91. The van der Waals surface area contributed by atoms with Crippen LogP contribution in [0.4, 0.5) is 4.39 Å². The second-order valence-corrected chi connectivity index (χ2v) is 8.67. The van der Waals surface area contributed by atoms with Crippen LogP contribution in [-0.2, 0) is 11.2 Å². The third-order valence-electron chi connectivity index (χ3n) is 6.36. The number of benzene rings is 2. The quantitative estimate of drug-likeness (QED) is 0.404. The molecule has 0 radical (unpaired) electrons. The van der Waals surface area contributed by atoms with E-state index in [1.165, 1.54) is 19.3 Å². The Morgan fingerprint density at radius 2 is 1.84 bits per heavy atom. The number of unbranched alkanes of at least 4 members (excludes halogenated alkanes) is 1. The molecule has 0 bridgehead atoms. The van der Waals surface area contributed by atoms with Crippen LogP contribution in [0, 0.1) is 11.7 Å². The van der Waals surface area contributed by atoms with Gasteiger partial charge in [-0.2, -0.15) is 0 Å². The molecule has 0 N–H and O–H groups in total. The fourth-order valence-electron chi connectivity index (χ4n) is 4.57. The normalized spacial score (nSPS) is 19.1. The standard InChI is InChI=1S/C27H31FO3/c1-3-5-7-22-16-21-13-14-23(26(28)25(21)27(29)31-22)19-9-11-20(12-10-19)24-15-8-18(6-4-2)17-30-24/h9-14,16,18,24H,3-8,15,17H2,1-2H3. The number of halogens is 1. The molecule has 4 heteroatoms. The third kappa shape index (κ3) is 4.74. The predicted octanol–water partition coefficient (Wildman–Crippen LogP) is 7.21. The van der Waals surface area contributed by atoms with E-state index < -0.39 is 11.4 Å². The van der Waals surface area contributed by atoms with Crippen LogP contribution in [0.25, 0.3) is 21.9 Å². The van der Waals surface area contributed by atoms with Crippen molar-refractivity contribution in [3.05, 3.63) is 70.0 Å². The summed E-state index contributed by atoms with van der Waals surface area (Å²) < 4.78 is 26.7. The van der Waals surface area contributed by atoms with Crippen molar-refractivity contribution in [3.63, 3.8) is 0 Å². The van der Waals surface area contributed by atoms with E-state index in [1.54, 1.807) is 12.1 Å². The van der Waals surface area contributed by atoms with E-state index in [0.29, 0.717) is 29.0 Å². The van der Waals surface area contributed by atoms with Gasteiger partial charge in [-0.05, 0) is 54.2 Å². The summed E-state index contributed by atoms with van der Waals surface area (Å²) in [4.78, 5) is 12.5. The van der Waals surface area contributed by atoms with Crippen LogP contribution >= 0.6 is 0 Å². The van der Waals surface area contributed by atoms with Gasteiger partial charge in [0.15, 0.2) is 0 Å². The molecule has 1 aromatic heterocycles. The Hall–Kier alpha value is -2.46. The van der Waals surface area contributed by atoms with E-state index in [1.807, 2.05) is 30.3 Å². The number of rotatable bonds is 7. The zero-order chi connectivity index (χ0) is 21.8. The SMILES string of the molecule is CCCCc1cc2ccc(-c3ccc(C4CCC(CCC)CO4)cc3)c(F)c2c(=O)o1. The van der Waals surface area contributed by atoms with E-state index in [4.69, 9.17) is 9.15 Å². The van der Waals surface area contributed by atoms with Crippen molar-refractivity contribution in [1.29, 1.82) is 0 Å². The van der Waals surface area contributed by atoms with E-state index in [9.17, 15) is 4.79 Å². The zero-order valence-corrected chi connectivity index (χ0v) is 18.5. The summed E-state index contributed by atoms with van der Waals surface area (Å²) in [6, 6.07) is 13.2. The van der Waals surface area contributed by atoms with Crippen LogP contribution in [0.15, 0.2) is 51.7 Å². The first-order valence-electron chi connectivity index (χ1n) is 11.6. The van der Waals surface area contributed by atoms with Crippen molar-refractivity contribution in [2.75, 3.05) is 6.61 Å². The molecule has 0 saturated carbocycles. The molecule has 0 amide bonds. The summed E-state index contributed by atoms with van der Waals surface area (Å²) in [5.41, 5.74) is 1.69. The first-order valence-corrected chi connectivity index (χ1v) is 11.6. The highest BCUT2D eigenvalue weighted by molar-refractivity contribution is 5.87. The van der Waals surface area contributed by atoms with Crippen LogP contribution in [0.1, 0.15) is 69.8 Å². The first-order chi connectivity index (χ1) is 15.1. The lowest BCUT2D eigenvalue weighted by Gasteiger charge is -2.29. The van der Waals surface area contributed by atoms with Crippen molar-refractivity contribution < 1.29 is 13.5 Å². The smallest absolute Gasteiger partial charge is 0.346 e. The van der Waals surface area contributed by atoms with Gasteiger partial charge in [0.05, 0.1) is 12.7 Å². The van der Waals surface area contributed by atoms with Crippen molar-refractivity contribution in [2.24, 2.45) is 5.92 Å². The fraction of sp³-hybridized carbons (Fsp3) is 0.444. The summed E-state index contributed by atoms with van der Waals surface area (Å²) in [5, 5.41) is 0.622. The van der Waals surface area contributed by atoms with E-state index in [2.05, 4.69) is 13.8 Å². The highest BCUT2D eigenvalue weighted by atomic mass is 19.1. The van der Waals surface area contributed by atoms with E-state index in [0.717, 1.165) is 37.0 Å². The van der Waals surface area contributed by atoms with Gasteiger partial charge in [0.1, 0.15) is 17.0 Å². The topological polar surface area (TPSA) is 39.4 Å². The molecule has 1 saturated heterocycles. The van der Waals surface area contributed by atoms with Gasteiger partial charge in [0.25, 0.3) is 0 Å². The lowest BCUT2D eigenvalue weighted by Crippen LogP contribution is -2.20. The number of fused-ring (bicyclic) bond motifs is 1. The molecule has 31 heavy (non-hydrogen) atoms. The van der Waals surface area contributed by atoms with E-state index in [-0.39, 0.29) is 11.5 Å². The van der Waals surface area contributed by atoms with Crippen molar-refractivity contribution in [2.45, 2.75) is 64.9 Å². The van der Waals surface area contributed by atoms with Gasteiger partial charge >= 0.3 is 5.63 Å². The molecule has 1 aliphatic rings. The van der Waals surface area contributed by atoms with Gasteiger partial charge in [-0.1, -0.05) is 63.1 Å². The largest absolute Gasteiger partial charge is 0.427 e. The fourth-order valence-corrected chi connectivity index (χ4v) is 4.57. The molecule has 1 aliphatic heterocycles. The Bertz CT molecular complexity index is 1080. The van der Waals surface area contributed by atoms with E-state index >= 15 is 4.39 Å². The second kappa shape index (κ2) is 9.78. The number of hydrogen-bond acceptors (Lipinski definition) is 3. The van der Waals surface area contributed by atoms with Crippen LogP contribution in [0.2, 0.25) is 0 Å². The monoisotopic (exact) mass is 422 g/mol. The minimum Gasteiger partial charge on any atom is -0.427 e. The summed E-state index contributed by atoms with van der Waals surface area (Å²) in [6.45, 7) is 5.11. The molecule has 2 aromatic carbocycles. The minimum atomic E-state index is -0.600. The van der Waals surface area contributed by atoms with Gasteiger partial charge in [-0.25, -0.2) is 9.18 Å². The molecule has 0 aliphatic carbocycles. The first kappa shape index (κ1) is 21.8. The summed E-state index contributed by atoms with van der Waals surface area (Å²) in [5.74, 6) is 0.767. The van der Waals surface area contributed by atoms with Gasteiger partial charge in [-0.3, -0.25) is 0 Å². The maximum absolute atomic E-state index is 15.3. The maximum atomic E-state index is 15.3. The Labute approximate surface area is 183 Å². The Morgan fingerprint density at radius 3 is 2.52 bits per heavy atom. The molecular weight excluding hydrogens is 391 g/mol. The van der Waals surface area contributed by atoms with Crippen LogP contribution < -0.4 is 5.63 Å². The molecule has 2 heterocycles. The predicted molar refractivity (Wildman–Crippen MR) is 123 cm³/mol. The molecule has 0 spiro atoms. The van der Waals surface area contributed by atoms with Gasteiger partial charge in [-0.15, -0.1) is 0 Å². The molecule has 164 valence electrons. The number of aryl methyl sites for hydroxylation is 1. The highest BCUT2D eigenvalue weighted by Crippen LogP contribution is 2.34. The maximum Gasteiger partial charge on any atom is 0.346 e. The van der Waals surface area contributed by atoms with Crippen LogP contribution in [-0.4, -0.2) is 6.61 Å². The summed E-state index contributed by atoms with van der Waals surface area (Å²) in [7, 11) is 0. The van der Waals surface area contributed by atoms with Crippen molar-refractivity contribution >= 4 is 10.8 Å². The Morgan fingerprint density at radius 1 is 1.03 bits per heavy atom. The van der Waals surface area contributed by atoms with Crippen molar-refractivity contribution in [3.8, 4) is 11.1 Å². The summed E-state index contributed by atoms with van der Waals surface area (Å²) >= 11 is 0. The average molecular weight is 423 g/mol. The van der Waals surface area contributed by atoms with Gasteiger partial charge in [0, 0.05) is 12.0 Å². The van der Waals surface area contributed by atoms with Crippen molar-refractivity contribution in [1.82, 2.24) is 0 Å². The number of ether oxygens (including phenoxy) is 1. The average Bonchev–Trinajstić information content (AvgIpc) is 2.79. The molecule has 1 fully saturated rings. The molecule has 3 aromatic rings. The Balaban J connectivity index is 1.57. The molecule has 2 unspecified atom stereocenters. The van der Waals surface area contributed by atoms with Gasteiger partial charge in [0.2, 0.25) is 0 Å². The van der Waals surface area contributed by atoms with Crippen LogP contribution in [0.3, 0.4) is 0 Å². The molecule has 4 rings (SSSR count). The zero-order valence-electron chi connectivity index (χ0n) is 18.5. The molecule has 2 atom stereocenters. The number of hydrogen-bond donors (Lipinski definition) is 0. The van der Waals surface area contributed by atoms with Crippen LogP contribution in [0.5, 0.6) is 0 Å². The second-order valence-electron chi connectivity index (χ2n) is 8.67. The van der Waals surface area contributed by atoms with Gasteiger partial charge < -0.3 is 9.15 Å². The molecular formula is C27H31FO3.